The van der Waals surface area contributed by atoms with Crippen molar-refractivity contribution in [2.45, 2.75) is 13.0 Å². The highest BCUT2D eigenvalue weighted by Crippen LogP contribution is 2.32. The summed E-state index contributed by atoms with van der Waals surface area (Å²) in [4.78, 5) is 12.7. The minimum Gasteiger partial charge on any atom is -0.493 e. The summed E-state index contributed by atoms with van der Waals surface area (Å²) in [6.45, 7) is 2.43. The number of hydrogen-bond acceptors (Lipinski definition) is 3. The highest BCUT2D eigenvalue weighted by atomic mass is 79.9. The molecule has 0 bridgehead atoms. The van der Waals surface area contributed by atoms with E-state index in [9.17, 15) is 9.90 Å². The molecule has 1 unspecified atom stereocenters. The Bertz CT molecular complexity index is 979. The predicted octanol–water partition coefficient (Wildman–Crippen LogP) is 5.84. The monoisotopic (exact) mass is 459 g/mol. The number of anilines is 1. The van der Waals surface area contributed by atoms with Crippen molar-refractivity contribution in [3.05, 3.63) is 92.9 Å². The molecular formula is C22H19BrClNO3. The smallest absolute Gasteiger partial charge is 0.255 e. The van der Waals surface area contributed by atoms with Crippen molar-refractivity contribution in [1.29, 1.82) is 0 Å². The highest BCUT2D eigenvalue weighted by molar-refractivity contribution is 9.10. The van der Waals surface area contributed by atoms with Crippen molar-refractivity contribution in [2.24, 2.45) is 0 Å². The first-order chi connectivity index (χ1) is 13.5. The van der Waals surface area contributed by atoms with Gasteiger partial charge in [0.1, 0.15) is 11.9 Å². The third-order valence-corrected chi connectivity index (χ3v) is 5.02. The number of aliphatic hydroxyl groups is 1. The average molecular weight is 461 g/mol. The van der Waals surface area contributed by atoms with Crippen molar-refractivity contribution >= 4 is 39.1 Å². The Labute approximate surface area is 177 Å². The van der Waals surface area contributed by atoms with Crippen LogP contribution in [0.4, 0.5) is 5.69 Å². The fraction of sp³-hybridized carbons (Fsp3) is 0.136. The minimum absolute atomic E-state index is 0.299. The number of halogens is 2. The summed E-state index contributed by atoms with van der Waals surface area (Å²) in [5.41, 5.74) is 2.20. The molecule has 3 aromatic carbocycles. The third-order valence-electron chi connectivity index (χ3n) is 4.17. The van der Waals surface area contributed by atoms with E-state index in [1.165, 1.54) is 0 Å². The van der Waals surface area contributed by atoms with Crippen LogP contribution in [0.25, 0.3) is 0 Å². The van der Waals surface area contributed by atoms with Crippen molar-refractivity contribution < 1.29 is 14.6 Å². The number of carbonyl (C=O) groups excluding carboxylic acids is 1. The summed E-state index contributed by atoms with van der Waals surface area (Å²) < 4.78 is 6.17. The van der Waals surface area contributed by atoms with E-state index in [4.69, 9.17) is 16.3 Å². The molecular weight excluding hydrogens is 442 g/mol. The van der Waals surface area contributed by atoms with Gasteiger partial charge in [-0.05, 0) is 64.8 Å². The van der Waals surface area contributed by atoms with Gasteiger partial charge in [0, 0.05) is 21.8 Å². The molecule has 1 amide bonds. The van der Waals surface area contributed by atoms with Gasteiger partial charge in [-0.2, -0.15) is 0 Å². The van der Waals surface area contributed by atoms with Crippen molar-refractivity contribution in [1.82, 2.24) is 0 Å². The van der Waals surface area contributed by atoms with Gasteiger partial charge in [0.15, 0.2) is 0 Å². The molecule has 0 spiro atoms. The normalized spacial score (nSPS) is 11.7. The number of benzene rings is 3. The van der Waals surface area contributed by atoms with Crippen LogP contribution in [0.3, 0.4) is 0 Å². The first kappa shape index (κ1) is 20.4. The van der Waals surface area contributed by atoms with E-state index in [1.54, 1.807) is 36.4 Å². The largest absolute Gasteiger partial charge is 0.493 e. The number of ether oxygens (including phenoxy) is 1. The number of hydrogen-bond donors (Lipinski definition) is 2. The quantitative estimate of drug-likeness (QED) is 0.486. The van der Waals surface area contributed by atoms with Gasteiger partial charge in [-0.3, -0.25) is 4.79 Å². The van der Waals surface area contributed by atoms with Crippen LogP contribution in [-0.2, 0) is 0 Å². The average Bonchev–Trinajstić information content (AvgIpc) is 2.71. The second kappa shape index (κ2) is 9.24. The van der Waals surface area contributed by atoms with Gasteiger partial charge in [0.05, 0.1) is 11.1 Å². The zero-order valence-corrected chi connectivity index (χ0v) is 17.5. The van der Waals surface area contributed by atoms with Crippen molar-refractivity contribution in [3.63, 3.8) is 0 Å². The van der Waals surface area contributed by atoms with E-state index in [2.05, 4.69) is 21.2 Å². The van der Waals surface area contributed by atoms with Gasteiger partial charge in [-0.25, -0.2) is 0 Å². The van der Waals surface area contributed by atoms with Gasteiger partial charge in [0.2, 0.25) is 0 Å². The maximum atomic E-state index is 12.7. The second-order valence-corrected chi connectivity index (χ2v) is 7.37. The van der Waals surface area contributed by atoms with Crippen molar-refractivity contribution in [3.8, 4) is 5.75 Å². The molecule has 0 saturated carbocycles. The molecule has 28 heavy (non-hydrogen) atoms. The number of aliphatic hydroxyl groups excluding tert-OH is 1. The zero-order valence-electron chi connectivity index (χ0n) is 15.2. The minimum atomic E-state index is -0.915. The van der Waals surface area contributed by atoms with E-state index >= 15 is 0 Å². The van der Waals surface area contributed by atoms with Gasteiger partial charge in [-0.15, -0.1) is 0 Å². The van der Waals surface area contributed by atoms with Gasteiger partial charge < -0.3 is 15.2 Å². The first-order valence-corrected chi connectivity index (χ1v) is 9.93. The molecule has 0 fully saturated rings. The lowest BCUT2D eigenvalue weighted by atomic mass is 9.99. The molecule has 3 aromatic rings. The summed E-state index contributed by atoms with van der Waals surface area (Å²) in [6, 6.07) is 19.3. The van der Waals surface area contributed by atoms with Crippen LogP contribution in [0.1, 0.15) is 34.5 Å². The lowest BCUT2D eigenvalue weighted by molar-refractivity contribution is 0.102. The van der Waals surface area contributed by atoms with Crippen LogP contribution < -0.4 is 10.1 Å². The Kier molecular flexibility index (Phi) is 6.73. The Hall–Kier alpha value is -2.34. The van der Waals surface area contributed by atoms with Crippen molar-refractivity contribution in [2.75, 3.05) is 11.9 Å². The topological polar surface area (TPSA) is 58.6 Å². The molecule has 0 aliphatic carbocycles. The second-order valence-electron chi connectivity index (χ2n) is 6.08. The molecule has 0 aromatic heterocycles. The van der Waals surface area contributed by atoms with E-state index in [1.807, 2.05) is 37.3 Å². The molecule has 3 rings (SSSR count). The van der Waals surface area contributed by atoms with Gasteiger partial charge >= 0.3 is 0 Å². The lowest BCUT2D eigenvalue weighted by Gasteiger charge is -2.17. The molecule has 0 aliphatic heterocycles. The van der Waals surface area contributed by atoms with Crippen LogP contribution >= 0.6 is 27.5 Å². The summed E-state index contributed by atoms with van der Waals surface area (Å²) >= 11 is 9.54. The zero-order chi connectivity index (χ0) is 20.1. The fourth-order valence-electron chi connectivity index (χ4n) is 2.80. The predicted molar refractivity (Wildman–Crippen MR) is 115 cm³/mol. The van der Waals surface area contributed by atoms with Gasteiger partial charge in [-0.1, -0.05) is 41.9 Å². The SMILES string of the molecule is CCOc1ccc(C(=O)Nc2ccc(Cl)cc2C(O)c2ccccc2)cc1Br. The molecule has 1 atom stereocenters. The molecule has 0 heterocycles. The highest BCUT2D eigenvalue weighted by Gasteiger charge is 2.18. The number of rotatable bonds is 6. The Balaban J connectivity index is 1.88. The number of amides is 1. The molecule has 2 N–H and O–H groups in total. The Morgan fingerprint density at radius 1 is 1.14 bits per heavy atom. The molecule has 0 aliphatic rings. The molecule has 0 radical (unpaired) electrons. The van der Waals surface area contributed by atoms with E-state index in [-0.39, 0.29) is 5.91 Å². The van der Waals surface area contributed by atoms with Gasteiger partial charge in [0.25, 0.3) is 5.91 Å². The number of nitrogens with one attached hydrogen (secondary N) is 1. The molecule has 0 saturated heterocycles. The van der Waals surface area contributed by atoms with Crippen LogP contribution in [0, 0.1) is 0 Å². The molecule has 144 valence electrons. The number of carbonyl (C=O) groups is 1. The lowest BCUT2D eigenvalue weighted by Crippen LogP contribution is -2.15. The maximum absolute atomic E-state index is 12.7. The van der Waals surface area contributed by atoms with E-state index in [0.717, 1.165) is 0 Å². The maximum Gasteiger partial charge on any atom is 0.255 e. The van der Waals surface area contributed by atoms with Crippen LogP contribution in [0.2, 0.25) is 5.02 Å². The summed E-state index contributed by atoms with van der Waals surface area (Å²) in [5.74, 6) is 0.373. The van der Waals surface area contributed by atoms with E-state index < -0.39 is 6.10 Å². The van der Waals surface area contributed by atoms with Crippen LogP contribution in [-0.4, -0.2) is 17.6 Å². The third kappa shape index (κ3) is 4.73. The fourth-order valence-corrected chi connectivity index (χ4v) is 3.47. The van der Waals surface area contributed by atoms with Crippen LogP contribution in [0.5, 0.6) is 5.75 Å². The first-order valence-electron chi connectivity index (χ1n) is 8.75. The Morgan fingerprint density at radius 2 is 1.89 bits per heavy atom. The summed E-state index contributed by atoms with van der Waals surface area (Å²) in [6.07, 6.45) is -0.915. The Morgan fingerprint density at radius 3 is 2.57 bits per heavy atom. The molecule has 6 heteroatoms. The summed E-state index contributed by atoms with van der Waals surface area (Å²) in [5, 5.41) is 14.1. The molecule has 4 nitrogen and oxygen atoms in total. The van der Waals surface area contributed by atoms with E-state index in [0.29, 0.717) is 44.2 Å². The summed E-state index contributed by atoms with van der Waals surface area (Å²) in [7, 11) is 0. The van der Waals surface area contributed by atoms with Crippen LogP contribution in [0.15, 0.2) is 71.2 Å². The standard InChI is InChI=1S/C22H19BrClNO3/c1-2-28-20-11-8-15(12-18(20)23)22(27)25-19-10-9-16(24)13-17(19)21(26)14-6-4-3-5-7-14/h3-13,21,26H,2H2,1H3,(H,25,27).